The molecule has 0 aliphatic carbocycles. The Morgan fingerprint density at radius 1 is 1.11 bits per heavy atom. The maximum Gasteiger partial charge on any atom is 0.254 e. The van der Waals surface area contributed by atoms with E-state index in [0.717, 1.165) is 58.1 Å². The number of aromatic nitrogens is 1. The summed E-state index contributed by atoms with van der Waals surface area (Å²) in [5.41, 5.74) is 1.60. The average molecular weight is 378 g/mol. The highest BCUT2D eigenvalue weighted by Gasteiger charge is 2.22. The molecule has 138 valence electrons. The molecule has 1 aliphatic heterocycles. The van der Waals surface area contributed by atoms with E-state index < -0.39 is 0 Å². The number of nitrogens with zero attached hydrogens (tertiary/aromatic N) is 2. The van der Waals surface area contributed by atoms with Gasteiger partial charge in [0, 0.05) is 23.4 Å². The highest BCUT2D eigenvalue weighted by atomic mass is 32.2. The Kier molecular flexibility index (Phi) is 5.30. The molecule has 4 nitrogen and oxygen atoms in total. The van der Waals surface area contributed by atoms with Crippen molar-refractivity contribution in [2.24, 2.45) is 0 Å². The number of hydrogen-bond acceptors (Lipinski definition) is 4. The number of hydrogen-bond donors (Lipinski definition) is 0. The van der Waals surface area contributed by atoms with Crippen molar-refractivity contribution < 1.29 is 9.53 Å². The monoisotopic (exact) mass is 378 g/mol. The van der Waals surface area contributed by atoms with E-state index in [4.69, 9.17) is 9.72 Å². The molecule has 5 heteroatoms. The number of amides is 1. The van der Waals surface area contributed by atoms with Crippen molar-refractivity contribution in [3.05, 3.63) is 60.2 Å². The van der Waals surface area contributed by atoms with Crippen molar-refractivity contribution in [3.8, 4) is 5.75 Å². The summed E-state index contributed by atoms with van der Waals surface area (Å²) in [6, 6.07) is 17.8. The van der Waals surface area contributed by atoms with Gasteiger partial charge in [0.15, 0.2) is 0 Å². The Bertz CT molecular complexity index is 950. The van der Waals surface area contributed by atoms with Gasteiger partial charge in [-0.3, -0.25) is 4.79 Å². The number of ether oxygens (including phenoxy) is 1. The molecule has 0 bridgehead atoms. The van der Waals surface area contributed by atoms with E-state index in [1.54, 1.807) is 11.8 Å². The zero-order valence-corrected chi connectivity index (χ0v) is 16.2. The molecule has 1 aromatic heterocycles. The summed E-state index contributed by atoms with van der Waals surface area (Å²) < 4.78 is 5.50. The summed E-state index contributed by atoms with van der Waals surface area (Å²) in [4.78, 5) is 20.8. The third-order valence-corrected chi connectivity index (χ3v) is 5.60. The van der Waals surface area contributed by atoms with E-state index in [1.807, 2.05) is 66.4 Å². The predicted octanol–water partition coefficient (Wildman–Crippen LogP) is 5.02. The fraction of sp³-hybridized carbons (Fsp3) is 0.273. The van der Waals surface area contributed by atoms with Gasteiger partial charge in [0.2, 0.25) is 0 Å². The standard InChI is InChI=1S/C22H22N2O2S/c1-2-26-16-9-11-17(12-10-16)27-21-15-19(22(25)24-13-5-6-14-24)18-7-3-4-8-20(18)23-21/h3-4,7-12,15H,2,5-6,13-14H2,1H3. The average Bonchev–Trinajstić information content (AvgIpc) is 3.23. The summed E-state index contributed by atoms with van der Waals surface area (Å²) in [5.74, 6) is 0.970. The zero-order valence-electron chi connectivity index (χ0n) is 15.4. The maximum atomic E-state index is 13.1. The van der Waals surface area contributed by atoms with Crippen LogP contribution in [0.2, 0.25) is 0 Å². The molecule has 0 spiro atoms. The first-order valence-corrected chi connectivity index (χ1v) is 10.2. The Labute approximate surface area is 163 Å². The van der Waals surface area contributed by atoms with Gasteiger partial charge in [-0.2, -0.15) is 0 Å². The van der Waals surface area contributed by atoms with Gasteiger partial charge >= 0.3 is 0 Å². The first kappa shape index (κ1) is 17.9. The molecule has 2 heterocycles. The van der Waals surface area contributed by atoms with Gasteiger partial charge in [-0.1, -0.05) is 30.0 Å². The minimum Gasteiger partial charge on any atom is -0.494 e. The number of fused-ring (bicyclic) bond motifs is 1. The van der Waals surface area contributed by atoms with Crippen LogP contribution in [0.15, 0.2) is 64.5 Å². The molecule has 27 heavy (non-hydrogen) atoms. The molecule has 0 N–H and O–H groups in total. The van der Waals surface area contributed by atoms with Crippen LogP contribution in [0.5, 0.6) is 5.75 Å². The zero-order chi connectivity index (χ0) is 18.6. The quantitative estimate of drug-likeness (QED) is 0.625. The lowest BCUT2D eigenvalue weighted by Crippen LogP contribution is -2.27. The third-order valence-electron chi connectivity index (χ3n) is 4.67. The second kappa shape index (κ2) is 8.01. The molecule has 0 unspecified atom stereocenters. The predicted molar refractivity (Wildman–Crippen MR) is 109 cm³/mol. The molecule has 0 saturated carbocycles. The lowest BCUT2D eigenvalue weighted by Gasteiger charge is -2.17. The largest absolute Gasteiger partial charge is 0.494 e. The lowest BCUT2D eigenvalue weighted by atomic mass is 10.1. The van der Waals surface area contributed by atoms with Gasteiger partial charge in [0.1, 0.15) is 10.8 Å². The number of benzene rings is 2. The smallest absolute Gasteiger partial charge is 0.254 e. The van der Waals surface area contributed by atoms with Gasteiger partial charge in [0.05, 0.1) is 17.7 Å². The maximum absolute atomic E-state index is 13.1. The Hall–Kier alpha value is -2.53. The van der Waals surface area contributed by atoms with E-state index in [2.05, 4.69) is 0 Å². The van der Waals surface area contributed by atoms with Crippen LogP contribution in [0.25, 0.3) is 10.9 Å². The molecule has 3 aromatic rings. The number of carbonyl (C=O) groups excluding carboxylic acids is 1. The minimum atomic E-state index is 0.111. The molecule has 4 rings (SSSR count). The molecular formula is C22H22N2O2S. The topological polar surface area (TPSA) is 42.4 Å². The number of likely N-dealkylation sites (tertiary alicyclic amines) is 1. The summed E-state index contributed by atoms with van der Waals surface area (Å²) in [6.07, 6.45) is 2.17. The van der Waals surface area contributed by atoms with Crippen LogP contribution in [0, 0.1) is 0 Å². The molecule has 1 aliphatic rings. The van der Waals surface area contributed by atoms with Gasteiger partial charge in [-0.25, -0.2) is 4.98 Å². The van der Waals surface area contributed by atoms with Crippen molar-refractivity contribution in [2.75, 3.05) is 19.7 Å². The molecular weight excluding hydrogens is 356 g/mol. The Morgan fingerprint density at radius 2 is 1.85 bits per heavy atom. The molecule has 1 saturated heterocycles. The van der Waals surface area contributed by atoms with Crippen LogP contribution in [0.3, 0.4) is 0 Å². The van der Waals surface area contributed by atoms with Crippen molar-refractivity contribution in [1.82, 2.24) is 9.88 Å². The third kappa shape index (κ3) is 3.93. The van der Waals surface area contributed by atoms with Crippen LogP contribution < -0.4 is 4.74 Å². The van der Waals surface area contributed by atoms with E-state index in [9.17, 15) is 4.79 Å². The van der Waals surface area contributed by atoms with E-state index >= 15 is 0 Å². The summed E-state index contributed by atoms with van der Waals surface area (Å²) in [7, 11) is 0. The van der Waals surface area contributed by atoms with Crippen molar-refractivity contribution >= 4 is 28.6 Å². The summed E-state index contributed by atoms with van der Waals surface area (Å²) in [5, 5.41) is 1.76. The van der Waals surface area contributed by atoms with Crippen LogP contribution in [-0.4, -0.2) is 35.5 Å². The Balaban J connectivity index is 1.67. The van der Waals surface area contributed by atoms with E-state index in [1.165, 1.54) is 0 Å². The van der Waals surface area contributed by atoms with Crippen LogP contribution in [0.1, 0.15) is 30.1 Å². The molecule has 0 atom stereocenters. The van der Waals surface area contributed by atoms with Gasteiger partial charge in [-0.15, -0.1) is 0 Å². The van der Waals surface area contributed by atoms with Gasteiger partial charge < -0.3 is 9.64 Å². The van der Waals surface area contributed by atoms with Crippen LogP contribution >= 0.6 is 11.8 Å². The second-order valence-electron chi connectivity index (χ2n) is 6.53. The van der Waals surface area contributed by atoms with Crippen molar-refractivity contribution in [2.45, 2.75) is 29.7 Å². The van der Waals surface area contributed by atoms with Crippen molar-refractivity contribution in [3.63, 3.8) is 0 Å². The fourth-order valence-electron chi connectivity index (χ4n) is 3.36. The van der Waals surface area contributed by atoms with Gasteiger partial charge in [-0.05, 0) is 56.2 Å². The second-order valence-corrected chi connectivity index (χ2v) is 7.62. The molecule has 2 aromatic carbocycles. The highest BCUT2D eigenvalue weighted by molar-refractivity contribution is 7.99. The molecule has 1 fully saturated rings. The number of carbonyl (C=O) groups is 1. The molecule has 1 amide bonds. The van der Waals surface area contributed by atoms with E-state index in [0.29, 0.717) is 6.61 Å². The minimum absolute atomic E-state index is 0.111. The number of para-hydroxylation sites is 1. The van der Waals surface area contributed by atoms with Crippen LogP contribution in [-0.2, 0) is 0 Å². The van der Waals surface area contributed by atoms with Gasteiger partial charge in [0.25, 0.3) is 5.91 Å². The van der Waals surface area contributed by atoms with Crippen molar-refractivity contribution in [1.29, 1.82) is 0 Å². The van der Waals surface area contributed by atoms with E-state index in [-0.39, 0.29) is 5.91 Å². The highest BCUT2D eigenvalue weighted by Crippen LogP contribution is 2.31. The first-order chi connectivity index (χ1) is 13.2. The Morgan fingerprint density at radius 3 is 2.59 bits per heavy atom. The SMILES string of the molecule is CCOc1ccc(Sc2cc(C(=O)N3CCCC3)c3ccccc3n2)cc1. The summed E-state index contributed by atoms with van der Waals surface area (Å²) >= 11 is 1.57. The summed E-state index contributed by atoms with van der Waals surface area (Å²) in [6.45, 7) is 4.31. The lowest BCUT2D eigenvalue weighted by molar-refractivity contribution is 0.0794. The first-order valence-electron chi connectivity index (χ1n) is 9.34. The normalized spacial score (nSPS) is 13.9. The number of pyridine rings is 1. The van der Waals surface area contributed by atoms with Crippen LogP contribution in [0.4, 0.5) is 0 Å². The molecule has 0 radical (unpaired) electrons. The fourth-order valence-corrected chi connectivity index (χ4v) is 4.20. The number of rotatable bonds is 5.